The highest BCUT2D eigenvalue weighted by atomic mass is 79.9. The lowest BCUT2D eigenvalue weighted by Gasteiger charge is -2.23. The van der Waals surface area contributed by atoms with Gasteiger partial charge in [0, 0.05) is 21.9 Å². The van der Waals surface area contributed by atoms with Gasteiger partial charge >= 0.3 is 5.97 Å². The number of methoxy groups -OCH3 is 1. The van der Waals surface area contributed by atoms with E-state index < -0.39 is 12.0 Å². The Morgan fingerprint density at radius 3 is 2.20 bits per heavy atom. The number of carbonyl (C=O) groups is 1. The number of fused-ring (bicyclic) bond motifs is 1. The Morgan fingerprint density at radius 1 is 0.863 bits per heavy atom. The first-order chi connectivity index (χ1) is 24.9. The molecule has 256 valence electrons. The molecule has 0 N–H and O–H groups in total. The van der Waals surface area contributed by atoms with Crippen LogP contribution in [-0.4, -0.2) is 35.4 Å². The molecule has 0 saturated heterocycles. The molecule has 0 radical (unpaired) electrons. The molecule has 2 aromatic heterocycles. The standard InChI is InChI=1S/C41H34BrN3O5S/c1-4-49-34-21-16-28(23-35(34)50-5-2)38-32(40(47)48-3)25-43-41-45(38)39(46)36(51-41)24-29-22-33(26-12-8-6-9-13-26)44(31-19-17-30(42)18-20-31)37(29)27-14-10-7-11-15-27/h6-25,38H,4-5H2,1-3H3/b36-24+/t38-/m0/s1. The van der Waals surface area contributed by atoms with Crippen LogP contribution in [0.15, 0.2) is 135 Å². The number of benzene rings is 4. The van der Waals surface area contributed by atoms with Crippen molar-refractivity contribution in [2.45, 2.75) is 19.9 Å². The molecule has 4 aromatic carbocycles. The zero-order valence-electron chi connectivity index (χ0n) is 28.2. The Balaban J connectivity index is 1.47. The first-order valence-corrected chi connectivity index (χ1v) is 18.1. The summed E-state index contributed by atoms with van der Waals surface area (Å²) < 4.78 is 22.1. The number of thiazole rings is 1. The summed E-state index contributed by atoms with van der Waals surface area (Å²) in [6, 6.07) is 35.3. The van der Waals surface area contributed by atoms with Crippen molar-refractivity contribution in [2.75, 3.05) is 20.3 Å². The fourth-order valence-corrected chi connectivity index (χ4v) is 7.56. The number of carbonyl (C=O) groups excluding carboxylic acids is 1. The van der Waals surface area contributed by atoms with Gasteiger partial charge in [0.25, 0.3) is 5.56 Å². The SMILES string of the molecule is CCOc1ccc([C@H]2C(C(=O)OC)=CN=c3s/c(=C/c4cc(-c5ccccc5)n(-c5ccc(Br)cc5)c4-c4ccccc4)c(=O)n32)cc1OCC. The number of hydrogen-bond acceptors (Lipinski definition) is 7. The van der Waals surface area contributed by atoms with Crippen molar-refractivity contribution in [1.29, 1.82) is 0 Å². The van der Waals surface area contributed by atoms with Crippen molar-refractivity contribution in [3.63, 3.8) is 0 Å². The number of ether oxygens (including phenoxy) is 3. The molecule has 7 rings (SSSR count). The van der Waals surface area contributed by atoms with Gasteiger partial charge in [-0.15, -0.1) is 0 Å². The average Bonchev–Trinajstić information content (AvgIpc) is 3.70. The van der Waals surface area contributed by atoms with Crippen molar-refractivity contribution >= 4 is 39.3 Å². The maximum Gasteiger partial charge on any atom is 0.337 e. The summed E-state index contributed by atoms with van der Waals surface area (Å²) in [5.74, 6) is 0.530. The van der Waals surface area contributed by atoms with Gasteiger partial charge in [0.1, 0.15) is 0 Å². The molecule has 1 aliphatic rings. The number of halogens is 1. The molecule has 0 unspecified atom stereocenters. The van der Waals surface area contributed by atoms with E-state index in [9.17, 15) is 9.59 Å². The summed E-state index contributed by atoms with van der Waals surface area (Å²) >= 11 is 4.86. The van der Waals surface area contributed by atoms with Crippen LogP contribution >= 0.6 is 27.3 Å². The van der Waals surface area contributed by atoms with Crippen LogP contribution in [-0.2, 0) is 9.53 Å². The molecule has 51 heavy (non-hydrogen) atoms. The average molecular weight is 761 g/mol. The van der Waals surface area contributed by atoms with Crippen LogP contribution in [0, 0.1) is 0 Å². The Hall–Kier alpha value is -5.45. The Labute approximate surface area is 307 Å². The van der Waals surface area contributed by atoms with Gasteiger partial charge < -0.3 is 18.8 Å². The smallest absolute Gasteiger partial charge is 0.337 e. The molecule has 0 spiro atoms. The summed E-state index contributed by atoms with van der Waals surface area (Å²) in [5.41, 5.74) is 6.38. The normalized spacial score (nSPS) is 14.0. The minimum Gasteiger partial charge on any atom is -0.490 e. The zero-order chi connectivity index (χ0) is 35.5. The summed E-state index contributed by atoms with van der Waals surface area (Å²) in [6.45, 7) is 4.67. The molecule has 1 aliphatic heterocycles. The zero-order valence-corrected chi connectivity index (χ0v) is 30.6. The number of rotatable bonds is 10. The highest BCUT2D eigenvalue weighted by molar-refractivity contribution is 9.10. The molecule has 0 fully saturated rings. The van der Waals surface area contributed by atoms with Crippen LogP contribution in [0.5, 0.6) is 11.5 Å². The van der Waals surface area contributed by atoms with Gasteiger partial charge in [-0.25, -0.2) is 9.79 Å². The maximum absolute atomic E-state index is 14.6. The summed E-state index contributed by atoms with van der Waals surface area (Å²) in [4.78, 5) is 32.8. The van der Waals surface area contributed by atoms with E-state index in [1.165, 1.54) is 24.6 Å². The van der Waals surface area contributed by atoms with Crippen LogP contribution < -0.4 is 24.4 Å². The Morgan fingerprint density at radius 2 is 1.53 bits per heavy atom. The molecule has 3 heterocycles. The third-order valence-electron chi connectivity index (χ3n) is 8.53. The van der Waals surface area contributed by atoms with E-state index in [2.05, 4.69) is 68.0 Å². The maximum atomic E-state index is 14.6. The predicted octanol–water partition coefficient (Wildman–Crippen LogP) is 7.70. The van der Waals surface area contributed by atoms with Crippen LogP contribution in [0.2, 0.25) is 0 Å². The van der Waals surface area contributed by atoms with Crippen molar-refractivity contribution in [2.24, 2.45) is 4.99 Å². The summed E-state index contributed by atoms with van der Waals surface area (Å²) in [6.07, 6.45) is 3.42. The number of esters is 1. The molecule has 6 aromatic rings. The molecular formula is C41H34BrN3O5S. The molecule has 8 nitrogen and oxygen atoms in total. The van der Waals surface area contributed by atoms with E-state index in [1.807, 2.05) is 80.6 Å². The van der Waals surface area contributed by atoms with Crippen LogP contribution in [0.3, 0.4) is 0 Å². The van der Waals surface area contributed by atoms with E-state index in [-0.39, 0.29) is 11.1 Å². The molecule has 1 atom stereocenters. The number of aromatic nitrogens is 2. The summed E-state index contributed by atoms with van der Waals surface area (Å²) in [5, 5.41) is 0. The Kier molecular flexibility index (Phi) is 9.87. The van der Waals surface area contributed by atoms with E-state index >= 15 is 0 Å². The van der Waals surface area contributed by atoms with Crippen molar-refractivity contribution in [1.82, 2.24) is 9.13 Å². The lowest BCUT2D eigenvalue weighted by atomic mass is 9.97. The van der Waals surface area contributed by atoms with Gasteiger partial charge in [-0.2, -0.15) is 0 Å². The van der Waals surface area contributed by atoms with E-state index in [4.69, 9.17) is 14.2 Å². The molecule has 0 amide bonds. The second-order valence-corrected chi connectivity index (χ2v) is 13.6. The summed E-state index contributed by atoms with van der Waals surface area (Å²) in [7, 11) is 1.32. The number of nitrogens with zero attached hydrogens (tertiary/aromatic N) is 3. The van der Waals surface area contributed by atoms with Gasteiger partial charge in [0.05, 0.1) is 47.9 Å². The minimum atomic E-state index is -0.799. The van der Waals surface area contributed by atoms with Crippen LogP contribution in [0.1, 0.15) is 31.0 Å². The lowest BCUT2D eigenvalue weighted by Crippen LogP contribution is -2.39. The molecular weight excluding hydrogens is 726 g/mol. The van der Waals surface area contributed by atoms with Crippen molar-refractivity contribution in [3.05, 3.63) is 156 Å². The topological polar surface area (TPSA) is 84.0 Å². The highest BCUT2D eigenvalue weighted by Gasteiger charge is 2.32. The first-order valence-electron chi connectivity index (χ1n) is 16.5. The first kappa shape index (κ1) is 34.0. The lowest BCUT2D eigenvalue weighted by molar-refractivity contribution is -0.136. The monoisotopic (exact) mass is 759 g/mol. The van der Waals surface area contributed by atoms with Crippen LogP contribution in [0.4, 0.5) is 0 Å². The number of hydrogen-bond donors (Lipinski definition) is 0. The van der Waals surface area contributed by atoms with Gasteiger partial charge in [0.15, 0.2) is 16.3 Å². The fraction of sp³-hybridized carbons (Fsp3) is 0.146. The molecule has 0 aliphatic carbocycles. The van der Waals surface area contributed by atoms with Gasteiger partial charge in [-0.05, 0) is 79.1 Å². The van der Waals surface area contributed by atoms with Crippen molar-refractivity contribution < 1.29 is 19.0 Å². The third-order valence-corrected chi connectivity index (χ3v) is 10.1. The largest absolute Gasteiger partial charge is 0.490 e. The van der Waals surface area contributed by atoms with Crippen LogP contribution in [0.25, 0.3) is 34.3 Å². The Bertz CT molecular complexity index is 2430. The molecule has 0 bridgehead atoms. The molecule has 10 heteroatoms. The second kappa shape index (κ2) is 14.8. The van der Waals surface area contributed by atoms with E-state index in [0.717, 1.165) is 38.2 Å². The molecule has 0 saturated carbocycles. The van der Waals surface area contributed by atoms with Gasteiger partial charge in [-0.1, -0.05) is 94.0 Å². The van der Waals surface area contributed by atoms with Crippen molar-refractivity contribution in [3.8, 4) is 39.7 Å². The minimum absolute atomic E-state index is 0.237. The highest BCUT2D eigenvalue weighted by Crippen LogP contribution is 2.38. The predicted molar refractivity (Wildman–Crippen MR) is 204 cm³/mol. The fourth-order valence-electron chi connectivity index (χ4n) is 6.34. The second-order valence-electron chi connectivity index (χ2n) is 11.6. The van der Waals surface area contributed by atoms with Gasteiger partial charge in [0.2, 0.25) is 0 Å². The third kappa shape index (κ3) is 6.60. The van der Waals surface area contributed by atoms with Gasteiger partial charge in [-0.3, -0.25) is 9.36 Å². The quantitative estimate of drug-likeness (QED) is 0.134. The van der Waals surface area contributed by atoms with E-state index in [1.54, 1.807) is 10.6 Å². The van der Waals surface area contributed by atoms with E-state index in [0.29, 0.717) is 39.6 Å².